The zero-order chi connectivity index (χ0) is 14.5. The van der Waals surface area contributed by atoms with Crippen molar-refractivity contribution in [2.24, 2.45) is 11.8 Å². The van der Waals surface area contributed by atoms with Crippen LogP contribution in [0.2, 0.25) is 0 Å². The van der Waals surface area contributed by atoms with Gasteiger partial charge in [-0.3, -0.25) is 0 Å². The molecule has 1 aromatic rings. The first-order valence-corrected chi connectivity index (χ1v) is 7.34. The first-order valence-electron chi connectivity index (χ1n) is 7.34. The largest absolute Gasteiger partial charge is 0.204 e. The Morgan fingerprint density at radius 3 is 2.10 bits per heavy atom. The molecule has 0 aromatic heterocycles. The SMILES string of the molecule is C=CC[C@H]1CC[C@H](CCc2cc(F)c(F)c(F)c2)CC1. The number of hydrogen-bond donors (Lipinski definition) is 0. The minimum absolute atomic E-state index is 0.551. The van der Waals surface area contributed by atoms with Gasteiger partial charge in [0.2, 0.25) is 0 Å². The molecule has 20 heavy (non-hydrogen) atoms. The summed E-state index contributed by atoms with van der Waals surface area (Å²) in [5.41, 5.74) is 0.551. The number of aryl methyl sites for hydroxylation is 1. The second kappa shape index (κ2) is 6.96. The van der Waals surface area contributed by atoms with Gasteiger partial charge in [-0.1, -0.05) is 18.9 Å². The van der Waals surface area contributed by atoms with Crippen molar-refractivity contribution in [3.8, 4) is 0 Å². The van der Waals surface area contributed by atoms with Gasteiger partial charge in [0, 0.05) is 0 Å². The lowest BCUT2D eigenvalue weighted by atomic mass is 9.78. The third kappa shape index (κ3) is 3.87. The minimum Gasteiger partial charge on any atom is -0.204 e. The Labute approximate surface area is 118 Å². The molecular weight excluding hydrogens is 261 g/mol. The predicted molar refractivity (Wildman–Crippen MR) is 74.9 cm³/mol. The second-order valence-electron chi connectivity index (χ2n) is 5.82. The summed E-state index contributed by atoms with van der Waals surface area (Å²) in [6.07, 6.45) is 9.37. The van der Waals surface area contributed by atoms with Crippen LogP contribution >= 0.6 is 0 Å². The molecule has 0 saturated heterocycles. The van der Waals surface area contributed by atoms with Crippen LogP contribution in [0.4, 0.5) is 13.2 Å². The molecule has 0 atom stereocenters. The quantitative estimate of drug-likeness (QED) is 0.499. The van der Waals surface area contributed by atoms with Crippen LogP contribution in [0.3, 0.4) is 0 Å². The van der Waals surface area contributed by atoms with E-state index in [0.29, 0.717) is 17.9 Å². The van der Waals surface area contributed by atoms with Crippen LogP contribution in [-0.4, -0.2) is 0 Å². The molecule has 0 nitrogen and oxygen atoms in total. The highest BCUT2D eigenvalue weighted by Crippen LogP contribution is 2.33. The minimum atomic E-state index is -1.38. The van der Waals surface area contributed by atoms with E-state index in [2.05, 4.69) is 6.58 Å². The van der Waals surface area contributed by atoms with Gasteiger partial charge in [-0.05, 0) is 61.6 Å². The fourth-order valence-corrected chi connectivity index (χ4v) is 3.11. The summed E-state index contributed by atoms with van der Waals surface area (Å²) < 4.78 is 39.1. The number of hydrogen-bond acceptors (Lipinski definition) is 0. The molecular formula is C17H21F3. The van der Waals surface area contributed by atoms with Crippen molar-refractivity contribution in [2.75, 3.05) is 0 Å². The van der Waals surface area contributed by atoms with E-state index in [0.717, 1.165) is 30.9 Å². The standard InChI is InChI=1S/C17H21F3/c1-2-3-12-4-6-13(7-5-12)8-9-14-10-15(18)17(20)16(19)11-14/h2,10-13H,1,3-9H2/t12-,13-. The lowest BCUT2D eigenvalue weighted by Crippen LogP contribution is -2.14. The molecule has 1 saturated carbocycles. The predicted octanol–water partition coefficient (Wildman–Crippen LogP) is 5.42. The average molecular weight is 282 g/mol. The Balaban J connectivity index is 1.83. The molecule has 0 N–H and O–H groups in total. The lowest BCUT2D eigenvalue weighted by molar-refractivity contribution is 0.265. The molecule has 0 unspecified atom stereocenters. The maximum atomic E-state index is 13.1. The second-order valence-corrected chi connectivity index (χ2v) is 5.82. The molecule has 3 heteroatoms. The zero-order valence-electron chi connectivity index (χ0n) is 11.7. The summed E-state index contributed by atoms with van der Waals surface area (Å²) in [5.74, 6) is -2.18. The molecule has 0 spiro atoms. The molecule has 0 amide bonds. The molecule has 1 aliphatic carbocycles. The summed E-state index contributed by atoms with van der Waals surface area (Å²) in [6.45, 7) is 3.77. The van der Waals surface area contributed by atoms with E-state index in [-0.39, 0.29) is 0 Å². The van der Waals surface area contributed by atoms with E-state index in [1.165, 1.54) is 25.7 Å². The van der Waals surface area contributed by atoms with Gasteiger partial charge in [0.25, 0.3) is 0 Å². The molecule has 0 aliphatic heterocycles. The topological polar surface area (TPSA) is 0 Å². The van der Waals surface area contributed by atoms with E-state index < -0.39 is 17.5 Å². The highest BCUT2D eigenvalue weighted by molar-refractivity contribution is 5.19. The van der Waals surface area contributed by atoms with Crippen molar-refractivity contribution in [1.82, 2.24) is 0 Å². The van der Waals surface area contributed by atoms with Crippen LogP contribution in [0, 0.1) is 29.3 Å². The van der Waals surface area contributed by atoms with E-state index >= 15 is 0 Å². The van der Waals surface area contributed by atoms with Gasteiger partial charge in [-0.25, -0.2) is 13.2 Å². The van der Waals surface area contributed by atoms with Crippen LogP contribution in [0.1, 0.15) is 44.1 Å². The highest BCUT2D eigenvalue weighted by Gasteiger charge is 2.20. The van der Waals surface area contributed by atoms with E-state index in [9.17, 15) is 13.2 Å². The lowest BCUT2D eigenvalue weighted by Gasteiger charge is -2.27. The molecule has 2 rings (SSSR count). The Kier molecular flexibility index (Phi) is 5.27. The third-order valence-electron chi connectivity index (χ3n) is 4.35. The van der Waals surface area contributed by atoms with Crippen molar-refractivity contribution in [3.63, 3.8) is 0 Å². The van der Waals surface area contributed by atoms with Gasteiger partial charge in [-0.15, -0.1) is 6.58 Å². The Bertz CT molecular complexity index is 436. The van der Waals surface area contributed by atoms with Crippen LogP contribution in [0.5, 0.6) is 0 Å². The van der Waals surface area contributed by atoms with Crippen LogP contribution in [-0.2, 0) is 6.42 Å². The van der Waals surface area contributed by atoms with Gasteiger partial charge in [0.15, 0.2) is 17.5 Å². The average Bonchev–Trinajstić information content (AvgIpc) is 2.44. The summed E-state index contributed by atoms with van der Waals surface area (Å²) >= 11 is 0. The van der Waals surface area contributed by atoms with Gasteiger partial charge >= 0.3 is 0 Å². The van der Waals surface area contributed by atoms with Crippen LogP contribution in [0.15, 0.2) is 24.8 Å². The van der Waals surface area contributed by atoms with Gasteiger partial charge in [0.05, 0.1) is 0 Å². The normalized spacial score (nSPS) is 22.8. The molecule has 110 valence electrons. The van der Waals surface area contributed by atoms with Crippen molar-refractivity contribution in [2.45, 2.75) is 44.9 Å². The Hall–Kier alpha value is -1.25. The number of halogens is 3. The van der Waals surface area contributed by atoms with Crippen LogP contribution in [0.25, 0.3) is 0 Å². The maximum Gasteiger partial charge on any atom is 0.194 e. The summed E-state index contributed by atoms with van der Waals surface area (Å²) in [4.78, 5) is 0. The van der Waals surface area contributed by atoms with Crippen molar-refractivity contribution >= 4 is 0 Å². The van der Waals surface area contributed by atoms with Gasteiger partial charge in [0.1, 0.15) is 0 Å². The number of rotatable bonds is 5. The number of allylic oxidation sites excluding steroid dienone is 1. The van der Waals surface area contributed by atoms with Gasteiger partial charge in [-0.2, -0.15) is 0 Å². The molecule has 0 radical (unpaired) electrons. The third-order valence-corrected chi connectivity index (χ3v) is 4.35. The Morgan fingerprint density at radius 2 is 1.55 bits per heavy atom. The van der Waals surface area contributed by atoms with Crippen LogP contribution < -0.4 is 0 Å². The zero-order valence-corrected chi connectivity index (χ0v) is 11.7. The smallest absolute Gasteiger partial charge is 0.194 e. The first kappa shape index (κ1) is 15.1. The summed E-state index contributed by atoms with van der Waals surface area (Å²) in [6, 6.07) is 2.23. The van der Waals surface area contributed by atoms with Gasteiger partial charge < -0.3 is 0 Å². The highest BCUT2D eigenvalue weighted by atomic mass is 19.2. The maximum absolute atomic E-state index is 13.1. The van der Waals surface area contributed by atoms with E-state index in [1.807, 2.05) is 6.08 Å². The summed E-state index contributed by atoms with van der Waals surface area (Å²) in [7, 11) is 0. The van der Waals surface area contributed by atoms with Crippen molar-refractivity contribution in [3.05, 3.63) is 47.8 Å². The molecule has 1 fully saturated rings. The fraction of sp³-hybridized carbons (Fsp3) is 0.529. The van der Waals surface area contributed by atoms with Crippen molar-refractivity contribution < 1.29 is 13.2 Å². The fourth-order valence-electron chi connectivity index (χ4n) is 3.11. The summed E-state index contributed by atoms with van der Waals surface area (Å²) in [5, 5.41) is 0. The molecule has 0 bridgehead atoms. The monoisotopic (exact) mass is 282 g/mol. The van der Waals surface area contributed by atoms with Crippen molar-refractivity contribution in [1.29, 1.82) is 0 Å². The first-order chi connectivity index (χ1) is 9.60. The van der Waals surface area contributed by atoms with E-state index in [1.54, 1.807) is 0 Å². The Morgan fingerprint density at radius 1 is 1.00 bits per heavy atom. The molecule has 1 aliphatic rings. The number of benzene rings is 1. The molecule has 1 aromatic carbocycles. The van der Waals surface area contributed by atoms with E-state index in [4.69, 9.17) is 0 Å². The molecule has 0 heterocycles.